The van der Waals surface area contributed by atoms with Gasteiger partial charge in [0.2, 0.25) is 6.41 Å². The van der Waals surface area contributed by atoms with Crippen molar-refractivity contribution in [2.24, 2.45) is 0 Å². The highest BCUT2D eigenvalue weighted by molar-refractivity contribution is 7.97. The number of amides is 1. The van der Waals surface area contributed by atoms with Gasteiger partial charge in [-0.05, 0) is 61.9 Å². The number of nitrogens with two attached hydrogens (primary N) is 1. The number of likely N-dealkylation sites (tertiary alicyclic amines) is 1. The summed E-state index contributed by atoms with van der Waals surface area (Å²) in [5.41, 5.74) is 9.99. The fourth-order valence-electron chi connectivity index (χ4n) is 3.98. The van der Waals surface area contributed by atoms with Gasteiger partial charge < -0.3 is 16.0 Å². The van der Waals surface area contributed by atoms with Crippen molar-refractivity contribution in [1.29, 1.82) is 5.41 Å². The Balaban J connectivity index is 0.00000121. The number of benzene rings is 2. The number of aromatic nitrogens is 2. The first kappa shape index (κ1) is 27.9. The molecule has 0 aliphatic carbocycles. The Hall–Kier alpha value is -3.69. The maximum Gasteiger partial charge on any atom is 0.209 e. The van der Waals surface area contributed by atoms with Gasteiger partial charge in [-0.15, -0.1) is 6.58 Å². The number of hydrogen-bond donors (Lipinski definition) is 4. The van der Waals surface area contributed by atoms with Gasteiger partial charge in [0.05, 0.1) is 11.3 Å². The zero-order valence-corrected chi connectivity index (χ0v) is 22.2. The van der Waals surface area contributed by atoms with E-state index in [4.69, 9.17) is 11.1 Å². The molecule has 8 nitrogen and oxygen atoms in total. The third-order valence-electron chi connectivity index (χ3n) is 5.77. The number of hydrogen-bond acceptors (Lipinski definition) is 8. The molecule has 2 heterocycles. The van der Waals surface area contributed by atoms with Gasteiger partial charge >= 0.3 is 0 Å². The van der Waals surface area contributed by atoms with Crippen molar-refractivity contribution >= 4 is 35.7 Å². The van der Waals surface area contributed by atoms with Gasteiger partial charge in [-0.25, -0.2) is 9.97 Å². The summed E-state index contributed by atoms with van der Waals surface area (Å²) >= 11 is 1.60. The molecule has 1 unspecified atom stereocenters. The second-order valence-electron chi connectivity index (χ2n) is 8.79. The molecule has 1 amide bonds. The first-order chi connectivity index (χ1) is 17.9. The van der Waals surface area contributed by atoms with Gasteiger partial charge in [-0.2, -0.15) is 0 Å². The van der Waals surface area contributed by atoms with Gasteiger partial charge in [0.25, 0.3) is 0 Å². The van der Waals surface area contributed by atoms with Gasteiger partial charge in [-0.3, -0.25) is 14.9 Å². The average Bonchev–Trinajstić information content (AvgIpc) is 2.89. The zero-order chi connectivity index (χ0) is 26.6. The maximum atomic E-state index is 11.2. The molecule has 1 saturated heterocycles. The normalized spacial score (nSPS) is 14.8. The van der Waals surface area contributed by atoms with Crippen LogP contribution in [0.2, 0.25) is 0 Å². The van der Waals surface area contributed by atoms with E-state index in [9.17, 15) is 4.79 Å². The predicted molar refractivity (Wildman–Crippen MR) is 153 cm³/mol. The quantitative estimate of drug-likeness (QED) is 0.139. The summed E-state index contributed by atoms with van der Waals surface area (Å²) < 4.78 is 3.38. The SMILES string of the molecule is C=CC.Cc1cccc(SNCc2ccc(C(=N)c3c(N)ncnc3NC3CCCN(C=O)C3)cc2)c1. The molecule has 1 aromatic heterocycles. The molecule has 37 heavy (non-hydrogen) atoms. The van der Waals surface area contributed by atoms with Crippen LogP contribution < -0.4 is 15.8 Å². The van der Waals surface area contributed by atoms with Crippen molar-refractivity contribution in [3.63, 3.8) is 0 Å². The lowest BCUT2D eigenvalue weighted by atomic mass is 10.0. The molecule has 4 rings (SSSR count). The fourth-order valence-corrected chi connectivity index (χ4v) is 4.78. The number of piperidine rings is 1. The van der Waals surface area contributed by atoms with Gasteiger partial charge in [0.15, 0.2) is 0 Å². The summed E-state index contributed by atoms with van der Waals surface area (Å²) in [6.07, 6.45) is 5.86. The van der Waals surface area contributed by atoms with E-state index in [0.717, 1.165) is 36.9 Å². The van der Waals surface area contributed by atoms with E-state index in [1.807, 2.05) is 31.2 Å². The highest BCUT2D eigenvalue weighted by Gasteiger charge is 2.22. The Bertz CT molecular complexity index is 1200. The fraction of sp³-hybridized carbons (Fsp3) is 0.286. The molecule has 3 aromatic rings. The minimum Gasteiger partial charge on any atom is -0.383 e. The van der Waals surface area contributed by atoms with E-state index in [1.165, 1.54) is 16.8 Å². The average molecular weight is 518 g/mol. The first-order valence-corrected chi connectivity index (χ1v) is 13.0. The number of nitrogen functional groups attached to an aromatic ring is 1. The van der Waals surface area contributed by atoms with Gasteiger partial charge in [0, 0.05) is 36.1 Å². The Morgan fingerprint density at radius 1 is 1.27 bits per heavy atom. The minimum absolute atomic E-state index is 0.0548. The monoisotopic (exact) mass is 517 g/mol. The third kappa shape index (κ3) is 8.16. The Morgan fingerprint density at radius 3 is 2.73 bits per heavy atom. The van der Waals surface area contributed by atoms with Crippen molar-refractivity contribution in [3.8, 4) is 0 Å². The van der Waals surface area contributed by atoms with Crippen LogP contribution in [-0.4, -0.2) is 46.1 Å². The molecule has 1 atom stereocenters. The van der Waals surface area contributed by atoms with Crippen molar-refractivity contribution in [3.05, 3.63) is 89.8 Å². The lowest BCUT2D eigenvalue weighted by Gasteiger charge is -2.31. The molecule has 0 spiro atoms. The van der Waals surface area contributed by atoms with E-state index in [0.29, 0.717) is 24.5 Å². The molecule has 194 valence electrons. The predicted octanol–water partition coefficient (Wildman–Crippen LogP) is 4.81. The van der Waals surface area contributed by atoms with Crippen LogP contribution in [0.5, 0.6) is 0 Å². The molecule has 5 N–H and O–H groups in total. The summed E-state index contributed by atoms with van der Waals surface area (Å²) in [6.45, 7) is 9.39. The van der Waals surface area contributed by atoms with E-state index >= 15 is 0 Å². The summed E-state index contributed by atoms with van der Waals surface area (Å²) in [5, 5.41) is 12.2. The molecular formula is C28H35N7OS. The van der Waals surface area contributed by atoms with Crippen LogP contribution in [0.4, 0.5) is 11.6 Å². The zero-order valence-electron chi connectivity index (χ0n) is 21.4. The second-order valence-corrected chi connectivity index (χ2v) is 9.75. The van der Waals surface area contributed by atoms with Crippen LogP contribution >= 0.6 is 11.9 Å². The number of allylic oxidation sites excluding steroid dienone is 1. The van der Waals surface area contributed by atoms with Crippen LogP contribution in [-0.2, 0) is 11.3 Å². The third-order valence-corrected chi connectivity index (χ3v) is 6.55. The smallest absolute Gasteiger partial charge is 0.209 e. The first-order valence-electron chi connectivity index (χ1n) is 12.2. The Morgan fingerprint density at radius 2 is 2.03 bits per heavy atom. The van der Waals surface area contributed by atoms with Gasteiger partial charge in [0.1, 0.15) is 18.0 Å². The van der Waals surface area contributed by atoms with E-state index in [-0.39, 0.29) is 17.6 Å². The number of nitrogens with zero attached hydrogens (tertiary/aromatic N) is 3. The molecule has 1 aliphatic heterocycles. The Labute approximate surface area is 223 Å². The molecular weight excluding hydrogens is 482 g/mol. The van der Waals surface area contributed by atoms with Crippen LogP contribution in [0, 0.1) is 12.3 Å². The highest BCUT2D eigenvalue weighted by atomic mass is 32.2. The molecule has 2 aromatic carbocycles. The largest absolute Gasteiger partial charge is 0.383 e. The summed E-state index contributed by atoms with van der Waals surface area (Å²) in [6, 6.07) is 16.3. The van der Waals surface area contributed by atoms with Crippen molar-refractivity contribution in [2.75, 3.05) is 24.1 Å². The van der Waals surface area contributed by atoms with E-state index in [1.54, 1.807) is 22.9 Å². The molecule has 1 fully saturated rings. The van der Waals surface area contributed by atoms with Crippen molar-refractivity contribution < 1.29 is 4.79 Å². The number of nitrogens with one attached hydrogen (secondary N) is 3. The van der Waals surface area contributed by atoms with Gasteiger partial charge in [-0.1, -0.05) is 42.5 Å². The summed E-state index contributed by atoms with van der Waals surface area (Å²) in [7, 11) is 0. The maximum absolute atomic E-state index is 11.2. The number of carbonyl (C=O) groups is 1. The van der Waals surface area contributed by atoms with Crippen LogP contribution in [0.1, 0.15) is 42.0 Å². The minimum atomic E-state index is 0.0548. The van der Waals surface area contributed by atoms with E-state index in [2.05, 4.69) is 57.8 Å². The lowest BCUT2D eigenvalue weighted by Crippen LogP contribution is -2.41. The number of carbonyl (C=O) groups excluding carboxylic acids is 1. The van der Waals surface area contributed by atoms with Crippen molar-refractivity contribution in [1.82, 2.24) is 19.6 Å². The van der Waals surface area contributed by atoms with Crippen LogP contribution in [0.15, 0.2) is 72.4 Å². The standard InChI is InChI=1S/C25H29N7OS.C3H6/c1-17-4-2-6-21(12-17)34-30-13-18-7-9-19(10-8-18)23(26)22-24(27)28-15-29-25(22)31-20-5-3-11-32(14-20)16-33;1-3-2/h2,4,6-10,12,15-16,20,26,30H,3,5,11,13-14H2,1H3,(H3,27,28,29,31);3H,1H2,2H3. The van der Waals surface area contributed by atoms with Crippen molar-refractivity contribution in [2.45, 2.75) is 44.2 Å². The highest BCUT2D eigenvalue weighted by Crippen LogP contribution is 2.24. The molecule has 0 saturated carbocycles. The lowest BCUT2D eigenvalue weighted by molar-refractivity contribution is -0.119. The Kier molecular flexibility index (Phi) is 10.7. The summed E-state index contributed by atoms with van der Waals surface area (Å²) in [5.74, 6) is 0.779. The summed E-state index contributed by atoms with van der Waals surface area (Å²) in [4.78, 5) is 22.6. The molecule has 9 heteroatoms. The van der Waals surface area contributed by atoms with E-state index < -0.39 is 0 Å². The topological polar surface area (TPSA) is 120 Å². The van der Waals surface area contributed by atoms with Crippen LogP contribution in [0.3, 0.4) is 0 Å². The number of anilines is 2. The molecule has 0 radical (unpaired) electrons. The number of aryl methyl sites for hydroxylation is 1. The molecule has 1 aliphatic rings. The number of rotatable bonds is 9. The molecule has 0 bridgehead atoms. The second kappa shape index (κ2) is 14.2. The van der Waals surface area contributed by atoms with Crippen LogP contribution in [0.25, 0.3) is 0 Å².